The minimum Gasteiger partial charge on any atom is -0.507 e. The highest BCUT2D eigenvalue weighted by Gasteiger charge is 2.46. The summed E-state index contributed by atoms with van der Waals surface area (Å²) in [6.07, 6.45) is 6.08. The number of rotatable bonds is 10. The standard InChI is InChI=1S/C27H29N3O7/c1-34-19-8-5-7-17(13-19)24(31)22-23(18-14-20(35-2)26(37-4)21(15-18)36-3)30(27(33)25(22)32)11-6-10-29-12-9-28-16-29/h5,7-9,12-16,23H,6,10-11H2,1-4H3,(H,31,32)/p+1. The van der Waals surface area contributed by atoms with Crippen LogP contribution >= 0.6 is 0 Å². The number of H-pyrrole nitrogens is 1. The number of hydrogen-bond donors (Lipinski definition) is 2. The SMILES string of the molecule is COc1cccc(C(O)=C2C(=O)C(=O)N(CCC[n+]3cc[nH]c3)C2c2cc(OC)c(OC)c(OC)c2)c1. The number of methoxy groups -OCH3 is 4. The van der Waals surface area contributed by atoms with Crippen LogP contribution in [0.25, 0.3) is 5.76 Å². The van der Waals surface area contributed by atoms with Crippen LogP contribution in [-0.2, 0) is 16.1 Å². The van der Waals surface area contributed by atoms with Crippen molar-refractivity contribution in [2.75, 3.05) is 35.0 Å². The number of Topliss-reactive ketones (excluding diaryl/α,β-unsaturated/α-hetero) is 1. The van der Waals surface area contributed by atoms with Gasteiger partial charge in [0.05, 0.1) is 46.6 Å². The van der Waals surface area contributed by atoms with Crippen molar-refractivity contribution in [2.24, 2.45) is 0 Å². The maximum Gasteiger partial charge on any atom is 0.295 e. The van der Waals surface area contributed by atoms with Crippen molar-refractivity contribution < 1.29 is 38.2 Å². The minimum atomic E-state index is -0.879. The summed E-state index contributed by atoms with van der Waals surface area (Å²) in [6.45, 7) is 0.906. The molecule has 0 spiro atoms. The molecule has 1 amide bonds. The first-order valence-corrected chi connectivity index (χ1v) is 11.7. The Morgan fingerprint density at radius 3 is 2.35 bits per heavy atom. The summed E-state index contributed by atoms with van der Waals surface area (Å²) in [5.41, 5.74) is 0.868. The van der Waals surface area contributed by atoms with E-state index in [0.717, 1.165) is 0 Å². The van der Waals surface area contributed by atoms with Crippen LogP contribution in [0.5, 0.6) is 23.0 Å². The summed E-state index contributed by atoms with van der Waals surface area (Å²) in [5.74, 6) is -0.138. The van der Waals surface area contributed by atoms with Crippen LogP contribution in [0.1, 0.15) is 23.6 Å². The Labute approximate surface area is 214 Å². The van der Waals surface area contributed by atoms with Gasteiger partial charge < -0.3 is 29.0 Å². The van der Waals surface area contributed by atoms with Crippen molar-refractivity contribution in [3.8, 4) is 23.0 Å². The third-order valence-electron chi connectivity index (χ3n) is 6.30. The molecular weight excluding hydrogens is 478 g/mol. The topological polar surface area (TPSA) is 114 Å². The van der Waals surface area contributed by atoms with Gasteiger partial charge in [-0.15, -0.1) is 0 Å². The number of aliphatic hydroxyl groups is 1. The van der Waals surface area contributed by atoms with Gasteiger partial charge in [-0.25, -0.2) is 4.57 Å². The molecule has 10 heteroatoms. The second kappa shape index (κ2) is 11.1. The first-order chi connectivity index (χ1) is 17.9. The molecule has 1 aliphatic heterocycles. The summed E-state index contributed by atoms with van der Waals surface area (Å²) in [4.78, 5) is 31.1. The molecule has 2 aromatic carbocycles. The van der Waals surface area contributed by atoms with Gasteiger partial charge in [-0.2, -0.15) is 0 Å². The van der Waals surface area contributed by atoms with E-state index >= 15 is 0 Å². The molecule has 1 unspecified atom stereocenters. The average molecular weight is 509 g/mol. The van der Waals surface area contributed by atoms with Gasteiger partial charge in [0.1, 0.15) is 23.9 Å². The lowest BCUT2D eigenvalue weighted by atomic mass is 9.94. The van der Waals surface area contributed by atoms with E-state index in [9.17, 15) is 14.7 Å². The molecule has 1 aromatic heterocycles. The smallest absolute Gasteiger partial charge is 0.295 e. The van der Waals surface area contributed by atoms with E-state index in [1.165, 1.54) is 33.3 Å². The number of imidazole rings is 1. The lowest BCUT2D eigenvalue weighted by molar-refractivity contribution is -0.695. The minimum absolute atomic E-state index is 0.0261. The summed E-state index contributed by atoms with van der Waals surface area (Å²) < 4.78 is 23.7. The second-order valence-corrected chi connectivity index (χ2v) is 8.39. The van der Waals surface area contributed by atoms with E-state index in [4.69, 9.17) is 18.9 Å². The predicted octanol–water partition coefficient (Wildman–Crippen LogP) is 2.85. The zero-order chi connectivity index (χ0) is 26.5. The highest BCUT2D eigenvalue weighted by molar-refractivity contribution is 6.46. The molecule has 0 saturated carbocycles. The van der Waals surface area contributed by atoms with Crippen molar-refractivity contribution in [1.29, 1.82) is 0 Å². The van der Waals surface area contributed by atoms with Crippen LogP contribution < -0.4 is 23.5 Å². The van der Waals surface area contributed by atoms with E-state index in [2.05, 4.69) is 4.98 Å². The number of ether oxygens (including phenoxy) is 4. The number of nitrogens with zero attached hydrogens (tertiary/aromatic N) is 2. The second-order valence-electron chi connectivity index (χ2n) is 8.39. The molecule has 3 aromatic rings. The maximum absolute atomic E-state index is 13.4. The zero-order valence-corrected chi connectivity index (χ0v) is 21.2. The van der Waals surface area contributed by atoms with Crippen molar-refractivity contribution in [1.82, 2.24) is 9.88 Å². The molecular formula is C27H30N3O7+. The van der Waals surface area contributed by atoms with Crippen molar-refractivity contribution in [3.05, 3.63) is 71.8 Å². The third-order valence-corrected chi connectivity index (χ3v) is 6.30. The molecule has 1 fully saturated rings. The number of carbonyl (C=O) groups is 2. The van der Waals surface area contributed by atoms with Gasteiger partial charge in [0.15, 0.2) is 11.5 Å². The fraction of sp³-hybridized carbons (Fsp3) is 0.296. The first-order valence-electron chi connectivity index (χ1n) is 11.7. The molecule has 2 heterocycles. The van der Waals surface area contributed by atoms with Crippen LogP contribution in [0.2, 0.25) is 0 Å². The van der Waals surface area contributed by atoms with E-state index in [-0.39, 0.29) is 17.9 Å². The van der Waals surface area contributed by atoms with Crippen LogP contribution in [0.15, 0.2) is 60.7 Å². The largest absolute Gasteiger partial charge is 0.507 e. The van der Waals surface area contributed by atoms with Crippen molar-refractivity contribution in [3.63, 3.8) is 0 Å². The highest BCUT2D eigenvalue weighted by Crippen LogP contribution is 2.45. The van der Waals surface area contributed by atoms with Gasteiger partial charge in [0.25, 0.3) is 11.7 Å². The number of aromatic amines is 1. The number of likely N-dealkylation sites (tertiary alicyclic amines) is 1. The van der Waals surface area contributed by atoms with Gasteiger partial charge in [-0.1, -0.05) is 12.1 Å². The molecule has 1 aliphatic rings. The van der Waals surface area contributed by atoms with Crippen LogP contribution in [0.4, 0.5) is 0 Å². The molecule has 1 atom stereocenters. The molecule has 37 heavy (non-hydrogen) atoms. The number of ketones is 1. The summed E-state index contributed by atoms with van der Waals surface area (Å²) >= 11 is 0. The lowest BCUT2D eigenvalue weighted by Crippen LogP contribution is -2.36. The Hall–Kier alpha value is -4.47. The van der Waals surface area contributed by atoms with Gasteiger partial charge in [0.2, 0.25) is 12.1 Å². The Kier molecular flexibility index (Phi) is 7.66. The highest BCUT2D eigenvalue weighted by atomic mass is 16.5. The molecule has 2 N–H and O–H groups in total. The van der Waals surface area contributed by atoms with E-state index in [1.807, 2.05) is 17.1 Å². The molecule has 0 radical (unpaired) electrons. The average Bonchev–Trinajstić information content (AvgIpc) is 3.54. The number of hydrogen-bond acceptors (Lipinski definition) is 7. The number of amides is 1. The Morgan fingerprint density at radius 1 is 1.03 bits per heavy atom. The summed E-state index contributed by atoms with van der Waals surface area (Å²) in [6, 6.07) is 9.18. The molecule has 1 saturated heterocycles. The Bertz CT molecular complexity index is 1290. The van der Waals surface area contributed by atoms with Gasteiger partial charge in [-0.3, -0.25) is 14.6 Å². The molecule has 4 rings (SSSR count). The monoisotopic (exact) mass is 508 g/mol. The lowest BCUT2D eigenvalue weighted by Gasteiger charge is -2.26. The van der Waals surface area contributed by atoms with E-state index in [1.54, 1.807) is 42.6 Å². The number of carbonyl (C=O) groups excluding carboxylic acids is 2. The predicted molar refractivity (Wildman–Crippen MR) is 134 cm³/mol. The Morgan fingerprint density at radius 2 is 1.76 bits per heavy atom. The van der Waals surface area contributed by atoms with E-state index in [0.29, 0.717) is 47.1 Å². The third kappa shape index (κ3) is 4.95. The summed E-state index contributed by atoms with van der Waals surface area (Å²) in [7, 11) is 5.98. The number of aryl methyl sites for hydroxylation is 1. The number of nitrogens with one attached hydrogen (secondary N) is 1. The van der Waals surface area contributed by atoms with Gasteiger partial charge >= 0.3 is 0 Å². The van der Waals surface area contributed by atoms with Gasteiger partial charge in [0, 0.05) is 18.5 Å². The summed E-state index contributed by atoms with van der Waals surface area (Å²) in [5, 5.41) is 11.3. The Balaban J connectivity index is 1.84. The van der Waals surface area contributed by atoms with Gasteiger partial charge in [-0.05, 0) is 29.8 Å². The molecule has 10 nitrogen and oxygen atoms in total. The first kappa shape index (κ1) is 25.6. The van der Waals surface area contributed by atoms with Crippen molar-refractivity contribution >= 4 is 17.4 Å². The fourth-order valence-electron chi connectivity index (χ4n) is 4.53. The normalized spacial score (nSPS) is 16.6. The fourth-order valence-corrected chi connectivity index (χ4v) is 4.53. The molecule has 0 bridgehead atoms. The zero-order valence-electron chi connectivity index (χ0n) is 21.2. The van der Waals surface area contributed by atoms with Crippen LogP contribution in [0, 0.1) is 0 Å². The van der Waals surface area contributed by atoms with E-state index < -0.39 is 17.7 Å². The molecule has 0 aliphatic carbocycles. The number of aromatic nitrogens is 2. The number of aliphatic hydroxyl groups excluding tert-OH is 1. The van der Waals surface area contributed by atoms with Crippen molar-refractivity contribution in [2.45, 2.75) is 19.0 Å². The number of benzene rings is 2. The quantitative estimate of drug-likeness (QED) is 0.187. The van der Waals surface area contributed by atoms with Crippen LogP contribution in [-0.4, -0.2) is 61.7 Å². The molecule has 194 valence electrons. The van der Waals surface area contributed by atoms with Crippen LogP contribution in [0.3, 0.4) is 0 Å². The maximum atomic E-state index is 13.4.